The Balaban J connectivity index is 1.63. The number of carbonyl (C=O) groups is 1. The molecule has 33 heavy (non-hydrogen) atoms. The smallest absolute Gasteiger partial charge is 0.321 e. The Hall–Kier alpha value is -3.19. The number of hydrogen-bond acceptors (Lipinski definition) is 3. The molecule has 4 rings (SSSR count). The second-order valence-corrected chi connectivity index (χ2v) is 8.91. The van der Waals surface area contributed by atoms with Crippen molar-refractivity contribution in [1.29, 1.82) is 0 Å². The average Bonchev–Trinajstić information content (AvgIpc) is 3.23. The number of benzene rings is 2. The first-order valence-electron chi connectivity index (χ1n) is 11.5. The number of hydrogen-bond donors (Lipinski definition) is 2. The van der Waals surface area contributed by atoms with Gasteiger partial charge in [-0.25, -0.2) is 9.18 Å². The molecule has 0 spiro atoms. The third-order valence-corrected chi connectivity index (χ3v) is 6.45. The zero-order valence-corrected chi connectivity index (χ0v) is 19.5. The van der Waals surface area contributed by atoms with Gasteiger partial charge in [0.1, 0.15) is 5.82 Å². The number of pyridine rings is 1. The van der Waals surface area contributed by atoms with E-state index in [-0.39, 0.29) is 30.0 Å². The number of fused-ring (bicyclic) bond motifs is 1. The van der Waals surface area contributed by atoms with E-state index in [0.717, 1.165) is 48.0 Å². The van der Waals surface area contributed by atoms with Crippen LogP contribution in [0.4, 0.5) is 14.9 Å². The number of nitrogens with one attached hydrogen (secondary N) is 2. The molecule has 2 heterocycles. The molecule has 1 fully saturated rings. The van der Waals surface area contributed by atoms with Crippen molar-refractivity contribution < 1.29 is 9.18 Å². The summed E-state index contributed by atoms with van der Waals surface area (Å²) in [4.78, 5) is 33.2. The molecule has 1 aliphatic rings. The van der Waals surface area contributed by atoms with Crippen LogP contribution in [0.3, 0.4) is 0 Å². The van der Waals surface area contributed by atoms with Crippen molar-refractivity contribution in [3.8, 4) is 0 Å². The van der Waals surface area contributed by atoms with Gasteiger partial charge in [0.2, 0.25) is 0 Å². The number of halogens is 1. The first kappa shape index (κ1) is 23.0. The number of nitrogens with zero attached hydrogens (tertiary/aromatic N) is 2. The van der Waals surface area contributed by atoms with Crippen LogP contribution in [-0.4, -0.2) is 46.5 Å². The van der Waals surface area contributed by atoms with Gasteiger partial charge in [-0.05, 0) is 87.1 Å². The zero-order chi connectivity index (χ0) is 23.5. The molecular weight excluding hydrogens is 419 g/mol. The number of urea groups is 1. The maximum atomic E-state index is 13.3. The quantitative estimate of drug-likeness (QED) is 0.567. The van der Waals surface area contributed by atoms with E-state index in [1.54, 1.807) is 4.90 Å². The van der Waals surface area contributed by atoms with E-state index < -0.39 is 0 Å². The summed E-state index contributed by atoms with van der Waals surface area (Å²) >= 11 is 0. The molecule has 0 unspecified atom stereocenters. The fraction of sp³-hybridized carbons (Fsp3) is 0.385. The first-order valence-corrected chi connectivity index (χ1v) is 11.5. The average molecular weight is 451 g/mol. The molecule has 7 heteroatoms. The topological polar surface area (TPSA) is 68.4 Å². The van der Waals surface area contributed by atoms with Gasteiger partial charge in [0.25, 0.3) is 5.56 Å². The van der Waals surface area contributed by atoms with Crippen LogP contribution in [0.25, 0.3) is 10.9 Å². The predicted molar refractivity (Wildman–Crippen MR) is 130 cm³/mol. The molecule has 0 saturated carbocycles. The molecule has 1 aromatic heterocycles. The number of anilines is 1. The molecule has 2 aromatic carbocycles. The maximum absolute atomic E-state index is 13.3. The zero-order valence-electron chi connectivity index (χ0n) is 19.5. The molecule has 1 saturated heterocycles. The van der Waals surface area contributed by atoms with Crippen molar-refractivity contribution in [2.24, 2.45) is 0 Å². The summed E-state index contributed by atoms with van der Waals surface area (Å²) in [6, 6.07) is 11.6. The molecule has 1 atom stereocenters. The highest BCUT2D eigenvalue weighted by atomic mass is 19.1. The van der Waals surface area contributed by atoms with Gasteiger partial charge < -0.3 is 15.2 Å². The number of likely N-dealkylation sites (N-methyl/N-ethyl adjacent to an activating group) is 1. The molecule has 0 aliphatic carbocycles. The predicted octanol–water partition coefficient (Wildman–Crippen LogP) is 4.80. The van der Waals surface area contributed by atoms with Crippen molar-refractivity contribution in [2.75, 3.05) is 25.0 Å². The van der Waals surface area contributed by atoms with E-state index in [9.17, 15) is 14.0 Å². The minimum absolute atomic E-state index is 0.187. The standard InChI is InChI=1S/C26H31FN4O2/c1-4-30-11-5-6-23(30)16-31(26(33)28-22-9-7-21(27)8-10-22)15-20-14-19-13-17(2)12-18(3)24(19)29-25(20)32/h7-10,12-14,23H,4-6,11,15-16H2,1-3H3,(H,28,33)(H,29,32)/t23-/m0/s1. The lowest BCUT2D eigenvalue weighted by atomic mass is 10.0. The number of likely N-dealkylation sites (tertiary alicyclic amines) is 1. The Kier molecular flexibility index (Phi) is 6.79. The van der Waals surface area contributed by atoms with E-state index in [1.165, 1.54) is 24.3 Å². The fourth-order valence-electron chi connectivity index (χ4n) is 4.78. The largest absolute Gasteiger partial charge is 0.322 e. The van der Waals surface area contributed by atoms with E-state index >= 15 is 0 Å². The van der Waals surface area contributed by atoms with Crippen LogP contribution >= 0.6 is 0 Å². The molecule has 0 bridgehead atoms. The highest BCUT2D eigenvalue weighted by Gasteiger charge is 2.28. The Morgan fingerprint density at radius 1 is 1.21 bits per heavy atom. The van der Waals surface area contributed by atoms with Crippen LogP contribution in [0, 0.1) is 19.7 Å². The van der Waals surface area contributed by atoms with Crippen molar-refractivity contribution >= 4 is 22.6 Å². The lowest BCUT2D eigenvalue weighted by molar-refractivity contribution is 0.174. The Morgan fingerprint density at radius 2 is 1.97 bits per heavy atom. The summed E-state index contributed by atoms with van der Waals surface area (Å²) in [7, 11) is 0. The highest BCUT2D eigenvalue weighted by molar-refractivity contribution is 5.89. The first-order chi connectivity index (χ1) is 15.8. The van der Waals surface area contributed by atoms with E-state index in [2.05, 4.69) is 22.1 Å². The molecule has 174 valence electrons. The van der Waals surface area contributed by atoms with Crippen LogP contribution in [0.5, 0.6) is 0 Å². The number of aromatic amines is 1. The lowest BCUT2D eigenvalue weighted by Crippen LogP contribution is -2.45. The van der Waals surface area contributed by atoms with Gasteiger partial charge in [0.15, 0.2) is 0 Å². The van der Waals surface area contributed by atoms with E-state index in [4.69, 9.17) is 0 Å². The van der Waals surface area contributed by atoms with Gasteiger partial charge in [-0.15, -0.1) is 0 Å². The third kappa shape index (κ3) is 5.25. The number of carbonyl (C=O) groups excluding carboxylic acids is 1. The van der Waals surface area contributed by atoms with Crippen LogP contribution in [0.2, 0.25) is 0 Å². The SMILES string of the molecule is CCN1CCC[C@H]1CN(Cc1cc2cc(C)cc(C)c2[nH]c1=O)C(=O)Nc1ccc(F)cc1. The van der Waals surface area contributed by atoms with Gasteiger partial charge in [0.05, 0.1) is 12.1 Å². The van der Waals surface area contributed by atoms with Crippen LogP contribution in [-0.2, 0) is 6.54 Å². The van der Waals surface area contributed by atoms with E-state index in [1.807, 2.05) is 32.0 Å². The molecular formula is C26H31FN4O2. The summed E-state index contributed by atoms with van der Waals surface area (Å²) in [6.07, 6.45) is 2.11. The second-order valence-electron chi connectivity index (χ2n) is 8.91. The lowest BCUT2D eigenvalue weighted by Gasteiger charge is -2.30. The Bertz CT molecular complexity index is 1210. The van der Waals surface area contributed by atoms with Crippen molar-refractivity contribution in [3.63, 3.8) is 0 Å². The third-order valence-electron chi connectivity index (χ3n) is 6.45. The van der Waals surface area contributed by atoms with Gasteiger partial charge >= 0.3 is 6.03 Å². The van der Waals surface area contributed by atoms with Crippen LogP contribution < -0.4 is 10.9 Å². The normalized spacial score (nSPS) is 16.3. The Labute approximate surface area is 193 Å². The van der Waals surface area contributed by atoms with Crippen LogP contribution in [0.15, 0.2) is 47.3 Å². The van der Waals surface area contributed by atoms with Gasteiger partial charge in [-0.2, -0.15) is 0 Å². The highest BCUT2D eigenvalue weighted by Crippen LogP contribution is 2.21. The minimum Gasteiger partial charge on any atom is -0.321 e. The molecule has 6 nitrogen and oxygen atoms in total. The summed E-state index contributed by atoms with van der Waals surface area (Å²) in [5, 5.41) is 3.82. The van der Waals surface area contributed by atoms with Crippen LogP contribution in [0.1, 0.15) is 36.5 Å². The molecule has 2 amide bonds. The van der Waals surface area contributed by atoms with Gasteiger partial charge in [-0.3, -0.25) is 9.69 Å². The maximum Gasteiger partial charge on any atom is 0.322 e. The Morgan fingerprint density at radius 3 is 2.70 bits per heavy atom. The number of amides is 2. The summed E-state index contributed by atoms with van der Waals surface area (Å²) in [5.74, 6) is -0.359. The molecule has 1 aliphatic heterocycles. The fourth-order valence-corrected chi connectivity index (χ4v) is 4.78. The van der Waals surface area contributed by atoms with Crippen molar-refractivity contribution in [2.45, 2.75) is 46.2 Å². The second kappa shape index (κ2) is 9.75. The number of aryl methyl sites for hydroxylation is 2. The van der Waals surface area contributed by atoms with Crippen molar-refractivity contribution in [1.82, 2.24) is 14.8 Å². The molecule has 0 radical (unpaired) electrons. The van der Waals surface area contributed by atoms with Gasteiger partial charge in [-0.1, -0.05) is 18.6 Å². The summed E-state index contributed by atoms with van der Waals surface area (Å²) in [6.45, 7) is 8.79. The summed E-state index contributed by atoms with van der Waals surface area (Å²) in [5.41, 5.74) is 3.83. The van der Waals surface area contributed by atoms with E-state index in [0.29, 0.717) is 17.8 Å². The number of rotatable bonds is 6. The minimum atomic E-state index is -0.359. The number of H-pyrrole nitrogens is 1. The van der Waals surface area contributed by atoms with Gasteiger partial charge in [0, 0.05) is 23.8 Å². The molecule has 3 aromatic rings. The monoisotopic (exact) mass is 450 g/mol. The number of aromatic nitrogens is 1. The van der Waals surface area contributed by atoms with Crippen molar-refractivity contribution in [3.05, 3.63) is 75.3 Å². The summed E-state index contributed by atoms with van der Waals surface area (Å²) < 4.78 is 13.3. The molecule has 2 N–H and O–H groups in total.